The van der Waals surface area contributed by atoms with E-state index in [4.69, 9.17) is 26.8 Å². The molecule has 0 aliphatic carbocycles. The van der Waals surface area contributed by atoms with E-state index in [0.717, 1.165) is 0 Å². The van der Waals surface area contributed by atoms with Gasteiger partial charge < -0.3 is 25.8 Å². The normalized spacial score (nSPS) is 9.87. The van der Waals surface area contributed by atoms with Crippen LogP contribution in [0.15, 0.2) is 12.1 Å². The Kier molecular flexibility index (Phi) is 7.14. The summed E-state index contributed by atoms with van der Waals surface area (Å²) < 4.78 is 9.88. The second-order valence-corrected chi connectivity index (χ2v) is 4.79. The highest BCUT2D eigenvalue weighted by atomic mass is 35.5. The Hall–Kier alpha value is -2.48. The van der Waals surface area contributed by atoms with Gasteiger partial charge in [0.2, 0.25) is 5.91 Å². The maximum Gasteiger partial charge on any atom is 0.342 e. The summed E-state index contributed by atoms with van der Waals surface area (Å²) in [5.74, 6) is -1.55. The molecule has 0 saturated heterocycles. The number of carbonyl (C=O) groups is 3. The Balaban J connectivity index is 2.58. The molecule has 0 fully saturated rings. The smallest absolute Gasteiger partial charge is 0.342 e. The van der Waals surface area contributed by atoms with Crippen LogP contribution >= 0.6 is 11.6 Å². The Morgan fingerprint density at radius 1 is 1.22 bits per heavy atom. The molecule has 0 bridgehead atoms. The highest BCUT2D eigenvalue weighted by Crippen LogP contribution is 2.29. The van der Waals surface area contributed by atoms with E-state index in [1.165, 1.54) is 19.2 Å². The molecule has 0 heterocycles. The molecule has 0 radical (unpaired) electrons. The molecule has 9 heteroatoms. The molecule has 23 heavy (non-hydrogen) atoms. The minimum Gasteiger partial charge on any atom is -0.496 e. The predicted octanol–water partition coefficient (Wildman–Crippen LogP) is 0.340. The van der Waals surface area contributed by atoms with Crippen LogP contribution in [0, 0.1) is 0 Å². The monoisotopic (exact) mass is 343 g/mol. The molecule has 8 nitrogen and oxygen atoms in total. The average Bonchev–Trinajstić information content (AvgIpc) is 2.53. The quantitative estimate of drug-likeness (QED) is 0.485. The summed E-state index contributed by atoms with van der Waals surface area (Å²) in [6.45, 7) is 1.48. The minimum atomic E-state index is -0.795. The summed E-state index contributed by atoms with van der Waals surface area (Å²) in [4.78, 5) is 34.7. The zero-order valence-electron chi connectivity index (χ0n) is 12.8. The van der Waals surface area contributed by atoms with E-state index in [9.17, 15) is 14.4 Å². The van der Waals surface area contributed by atoms with Crippen molar-refractivity contribution in [3.63, 3.8) is 0 Å². The van der Waals surface area contributed by atoms with Crippen molar-refractivity contribution >= 4 is 35.1 Å². The number of anilines is 1. The molecular weight excluding hydrogens is 326 g/mol. The van der Waals surface area contributed by atoms with Crippen molar-refractivity contribution in [2.24, 2.45) is 0 Å². The lowest BCUT2D eigenvalue weighted by Gasteiger charge is -2.11. The van der Waals surface area contributed by atoms with Gasteiger partial charge in [-0.15, -0.1) is 0 Å². The van der Waals surface area contributed by atoms with Crippen molar-refractivity contribution < 1.29 is 23.9 Å². The Bertz CT molecular complexity index is 606. The number of amides is 2. The van der Waals surface area contributed by atoms with E-state index in [-0.39, 0.29) is 34.5 Å². The Morgan fingerprint density at radius 3 is 2.52 bits per heavy atom. The van der Waals surface area contributed by atoms with Crippen LogP contribution in [0.25, 0.3) is 0 Å². The number of hydrogen-bond donors (Lipinski definition) is 3. The van der Waals surface area contributed by atoms with Gasteiger partial charge in [0.25, 0.3) is 5.91 Å². The van der Waals surface area contributed by atoms with Crippen LogP contribution < -0.4 is 21.1 Å². The highest BCUT2D eigenvalue weighted by Gasteiger charge is 2.17. The van der Waals surface area contributed by atoms with Crippen molar-refractivity contribution in [1.82, 2.24) is 10.6 Å². The van der Waals surface area contributed by atoms with Crippen LogP contribution in [0.4, 0.5) is 5.69 Å². The molecule has 0 unspecified atom stereocenters. The lowest BCUT2D eigenvalue weighted by Crippen LogP contribution is -2.38. The van der Waals surface area contributed by atoms with Gasteiger partial charge in [-0.3, -0.25) is 9.59 Å². The molecule has 1 rings (SSSR count). The molecule has 0 aliphatic rings. The maximum absolute atomic E-state index is 12.0. The number of ether oxygens (including phenoxy) is 2. The lowest BCUT2D eigenvalue weighted by molar-refractivity contribution is -0.127. The number of hydrogen-bond acceptors (Lipinski definition) is 6. The SMILES string of the molecule is CCNC(=O)CNC(=O)COC(=O)c1cc(Cl)c(N)cc1OC. The fourth-order valence-corrected chi connectivity index (χ4v) is 1.76. The van der Waals surface area contributed by atoms with E-state index in [1.54, 1.807) is 6.92 Å². The first-order chi connectivity index (χ1) is 10.9. The van der Waals surface area contributed by atoms with E-state index in [2.05, 4.69) is 10.6 Å². The van der Waals surface area contributed by atoms with Crippen LogP contribution in [0.1, 0.15) is 17.3 Å². The number of carbonyl (C=O) groups excluding carboxylic acids is 3. The first-order valence-corrected chi connectivity index (χ1v) is 7.10. The number of nitrogen functional groups attached to an aromatic ring is 1. The van der Waals surface area contributed by atoms with Crippen LogP contribution in [0.3, 0.4) is 0 Å². The van der Waals surface area contributed by atoms with Gasteiger partial charge in [-0.1, -0.05) is 11.6 Å². The molecule has 0 aliphatic heterocycles. The third kappa shape index (κ3) is 5.67. The summed E-state index contributed by atoms with van der Waals surface area (Å²) in [5, 5.41) is 5.00. The van der Waals surface area contributed by atoms with Crippen molar-refractivity contribution in [2.75, 3.05) is 32.5 Å². The summed E-state index contributed by atoms with van der Waals surface area (Å²) in [7, 11) is 1.36. The number of benzene rings is 1. The van der Waals surface area contributed by atoms with Crippen LogP contribution in [0.2, 0.25) is 5.02 Å². The topological polar surface area (TPSA) is 120 Å². The number of esters is 1. The van der Waals surface area contributed by atoms with Crippen molar-refractivity contribution in [3.8, 4) is 5.75 Å². The number of methoxy groups -OCH3 is 1. The van der Waals surface area contributed by atoms with E-state index >= 15 is 0 Å². The molecule has 126 valence electrons. The van der Waals surface area contributed by atoms with Crippen molar-refractivity contribution in [2.45, 2.75) is 6.92 Å². The lowest BCUT2D eigenvalue weighted by atomic mass is 10.2. The number of nitrogens with one attached hydrogen (secondary N) is 2. The second kappa shape index (κ2) is 8.84. The fourth-order valence-electron chi connectivity index (χ4n) is 1.60. The number of halogens is 1. The molecule has 0 saturated carbocycles. The zero-order chi connectivity index (χ0) is 17.4. The Morgan fingerprint density at radius 2 is 1.91 bits per heavy atom. The van der Waals surface area contributed by atoms with Gasteiger partial charge >= 0.3 is 5.97 Å². The molecule has 0 aromatic heterocycles. The van der Waals surface area contributed by atoms with E-state index in [1.807, 2.05) is 0 Å². The van der Waals surface area contributed by atoms with Crippen LogP contribution in [0.5, 0.6) is 5.75 Å². The van der Waals surface area contributed by atoms with Gasteiger partial charge in [0, 0.05) is 12.6 Å². The molecule has 1 aromatic carbocycles. The molecule has 0 spiro atoms. The van der Waals surface area contributed by atoms with Crippen LogP contribution in [-0.2, 0) is 14.3 Å². The minimum absolute atomic E-state index is 0.0447. The summed E-state index contributed by atoms with van der Waals surface area (Å²) in [6, 6.07) is 2.68. The van der Waals surface area contributed by atoms with Gasteiger partial charge in [-0.05, 0) is 13.0 Å². The van der Waals surface area contributed by atoms with E-state index < -0.39 is 18.5 Å². The molecule has 0 atom stereocenters. The zero-order valence-corrected chi connectivity index (χ0v) is 13.5. The molecule has 4 N–H and O–H groups in total. The van der Waals surface area contributed by atoms with Crippen molar-refractivity contribution in [3.05, 3.63) is 22.7 Å². The van der Waals surface area contributed by atoms with Gasteiger partial charge in [-0.2, -0.15) is 0 Å². The highest BCUT2D eigenvalue weighted by molar-refractivity contribution is 6.33. The van der Waals surface area contributed by atoms with Gasteiger partial charge in [0.1, 0.15) is 11.3 Å². The molecule has 1 aromatic rings. The standard InChI is InChI=1S/C14H18ClN3O5/c1-3-17-12(19)6-18-13(20)7-23-14(21)8-4-9(15)10(16)5-11(8)22-2/h4-5H,3,6-7,16H2,1-2H3,(H,17,19)(H,18,20). The van der Waals surface area contributed by atoms with Gasteiger partial charge in [0.05, 0.1) is 24.4 Å². The van der Waals surface area contributed by atoms with Gasteiger partial charge in [-0.25, -0.2) is 4.79 Å². The second-order valence-electron chi connectivity index (χ2n) is 4.38. The maximum atomic E-state index is 12.0. The number of nitrogens with two attached hydrogens (primary N) is 1. The van der Waals surface area contributed by atoms with Crippen LogP contribution in [-0.4, -0.2) is 44.6 Å². The summed E-state index contributed by atoms with van der Waals surface area (Å²) in [5.41, 5.74) is 5.91. The third-order valence-electron chi connectivity index (χ3n) is 2.69. The van der Waals surface area contributed by atoms with E-state index in [0.29, 0.717) is 6.54 Å². The van der Waals surface area contributed by atoms with Gasteiger partial charge in [0.15, 0.2) is 6.61 Å². The number of likely N-dealkylation sites (N-methyl/N-ethyl adjacent to an activating group) is 1. The fraction of sp³-hybridized carbons (Fsp3) is 0.357. The predicted molar refractivity (Wildman–Crippen MR) is 84.4 cm³/mol. The molecule has 2 amide bonds. The average molecular weight is 344 g/mol. The first-order valence-electron chi connectivity index (χ1n) is 6.72. The first kappa shape index (κ1) is 18.6. The summed E-state index contributed by atoms with van der Waals surface area (Å²) in [6.07, 6.45) is 0. The van der Waals surface area contributed by atoms with Crippen molar-refractivity contribution in [1.29, 1.82) is 0 Å². The number of rotatable bonds is 7. The molecular formula is C14H18ClN3O5. The largest absolute Gasteiger partial charge is 0.496 e. The summed E-state index contributed by atoms with van der Waals surface area (Å²) >= 11 is 5.85. The Labute approximate surface area is 138 Å². The third-order valence-corrected chi connectivity index (χ3v) is 3.02.